The van der Waals surface area contributed by atoms with Gasteiger partial charge in [0.2, 0.25) is 0 Å². The monoisotopic (exact) mass is 368 g/mol. The number of aromatic nitrogens is 1. The minimum atomic E-state index is -0.314. The first kappa shape index (κ1) is 18.7. The third kappa shape index (κ3) is 4.75. The highest BCUT2D eigenvalue weighted by atomic mass is 16.5. The lowest BCUT2D eigenvalue weighted by atomic mass is 10.1. The first-order valence-electron chi connectivity index (χ1n) is 9.12. The average molecular weight is 368 g/mol. The molecule has 0 bridgehead atoms. The van der Waals surface area contributed by atoms with Crippen molar-refractivity contribution in [2.45, 2.75) is 13.5 Å². The fourth-order valence-corrected chi connectivity index (χ4v) is 3.07. The van der Waals surface area contributed by atoms with E-state index in [1.807, 2.05) is 30.3 Å². The Morgan fingerprint density at radius 2 is 1.78 bits per heavy atom. The van der Waals surface area contributed by atoms with Crippen LogP contribution in [0.1, 0.15) is 22.8 Å². The zero-order valence-corrected chi connectivity index (χ0v) is 15.4. The Hall–Kier alpha value is -3.09. The third-order valence-electron chi connectivity index (χ3n) is 4.50. The molecule has 2 heterocycles. The number of hydrogen-bond acceptors (Lipinski definition) is 5. The van der Waals surface area contributed by atoms with Gasteiger partial charge in [-0.1, -0.05) is 12.1 Å². The molecule has 3 rings (SSSR count). The molecule has 1 aromatic heterocycles. The summed E-state index contributed by atoms with van der Waals surface area (Å²) in [6.07, 6.45) is 3.42. The van der Waals surface area contributed by atoms with Crippen molar-refractivity contribution in [2.75, 3.05) is 37.7 Å². The summed E-state index contributed by atoms with van der Waals surface area (Å²) in [7, 11) is 0. The van der Waals surface area contributed by atoms with E-state index in [1.165, 1.54) is 0 Å². The van der Waals surface area contributed by atoms with Crippen molar-refractivity contribution in [3.8, 4) is 0 Å². The van der Waals surface area contributed by atoms with Crippen molar-refractivity contribution in [1.82, 2.24) is 15.2 Å². The summed E-state index contributed by atoms with van der Waals surface area (Å²) in [6, 6.07) is 11.1. The lowest BCUT2D eigenvalue weighted by Crippen LogP contribution is -2.52. The molecular formula is C20H24N4O3. The molecule has 0 spiro atoms. The molecule has 0 atom stereocenters. The van der Waals surface area contributed by atoms with Crippen LogP contribution in [0.2, 0.25) is 0 Å². The summed E-state index contributed by atoms with van der Waals surface area (Å²) in [5, 5.41) is 2.94. The van der Waals surface area contributed by atoms with Crippen molar-refractivity contribution in [3.63, 3.8) is 0 Å². The Morgan fingerprint density at radius 1 is 1.07 bits per heavy atom. The van der Waals surface area contributed by atoms with Gasteiger partial charge in [-0.3, -0.25) is 4.98 Å². The molecule has 7 heteroatoms. The molecule has 2 aromatic rings. The van der Waals surface area contributed by atoms with Gasteiger partial charge in [0.05, 0.1) is 17.9 Å². The van der Waals surface area contributed by atoms with Crippen LogP contribution in [0.15, 0.2) is 48.8 Å². The molecule has 27 heavy (non-hydrogen) atoms. The van der Waals surface area contributed by atoms with Crippen molar-refractivity contribution >= 4 is 17.7 Å². The van der Waals surface area contributed by atoms with Gasteiger partial charge in [0.15, 0.2) is 0 Å². The number of nitrogens with one attached hydrogen (secondary N) is 1. The van der Waals surface area contributed by atoms with Gasteiger partial charge in [-0.05, 0) is 36.8 Å². The summed E-state index contributed by atoms with van der Waals surface area (Å²) < 4.78 is 5.15. The Kier molecular flexibility index (Phi) is 6.25. The molecule has 1 fully saturated rings. The topological polar surface area (TPSA) is 74.8 Å². The zero-order valence-electron chi connectivity index (χ0n) is 15.4. The maximum absolute atomic E-state index is 12.4. The van der Waals surface area contributed by atoms with Crippen LogP contribution in [0.25, 0.3) is 0 Å². The fraction of sp³-hybridized carbons (Fsp3) is 0.350. The minimum Gasteiger partial charge on any atom is -0.462 e. The molecule has 0 saturated carbocycles. The van der Waals surface area contributed by atoms with Crippen LogP contribution in [0.4, 0.5) is 10.5 Å². The van der Waals surface area contributed by atoms with Crippen LogP contribution in [-0.2, 0) is 11.3 Å². The Bertz CT molecular complexity index is 774. The average Bonchev–Trinajstić information content (AvgIpc) is 2.73. The van der Waals surface area contributed by atoms with E-state index in [0.29, 0.717) is 44.9 Å². The standard InChI is InChI=1S/C20H24N4O3/c1-2-27-19(25)17-5-3-4-6-18(17)23-11-13-24(14-12-23)20(26)22-15-16-7-9-21-10-8-16/h3-10H,2,11-15H2,1H3,(H,22,26). The highest BCUT2D eigenvalue weighted by molar-refractivity contribution is 5.96. The van der Waals surface area contributed by atoms with Gasteiger partial charge in [-0.2, -0.15) is 0 Å². The van der Waals surface area contributed by atoms with E-state index in [0.717, 1.165) is 11.3 Å². The number of esters is 1. The highest BCUT2D eigenvalue weighted by Gasteiger charge is 2.24. The summed E-state index contributed by atoms with van der Waals surface area (Å²) in [4.78, 5) is 32.4. The Balaban J connectivity index is 1.56. The number of urea groups is 1. The summed E-state index contributed by atoms with van der Waals surface area (Å²) in [5.41, 5.74) is 2.43. The van der Waals surface area contributed by atoms with Crippen molar-refractivity contribution in [3.05, 3.63) is 59.9 Å². The van der Waals surface area contributed by atoms with Crippen LogP contribution in [0.5, 0.6) is 0 Å². The first-order chi connectivity index (χ1) is 13.2. The van der Waals surface area contributed by atoms with E-state index < -0.39 is 0 Å². The number of benzene rings is 1. The summed E-state index contributed by atoms with van der Waals surface area (Å²) in [5.74, 6) is -0.314. The lowest BCUT2D eigenvalue weighted by Gasteiger charge is -2.36. The number of hydrogen-bond donors (Lipinski definition) is 1. The van der Waals surface area contributed by atoms with E-state index in [9.17, 15) is 9.59 Å². The highest BCUT2D eigenvalue weighted by Crippen LogP contribution is 2.22. The van der Waals surface area contributed by atoms with Gasteiger partial charge >= 0.3 is 12.0 Å². The molecule has 1 N–H and O–H groups in total. The fourth-order valence-electron chi connectivity index (χ4n) is 3.07. The van der Waals surface area contributed by atoms with Gasteiger partial charge in [-0.15, -0.1) is 0 Å². The van der Waals surface area contributed by atoms with Crippen molar-refractivity contribution in [1.29, 1.82) is 0 Å². The van der Waals surface area contributed by atoms with E-state index in [-0.39, 0.29) is 12.0 Å². The van der Waals surface area contributed by atoms with Gasteiger partial charge in [0, 0.05) is 45.1 Å². The van der Waals surface area contributed by atoms with Crippen molar-refractivity contribution in [2.24, 2.45) is 0 Å². The molecule has 1 aromatic carbocycles. The SMILES string of the molecule is CCOC(=O)c1ccccc1N1CCN(C(=O)NCc2ccncc2)CC1. The molecular weight excluding hydrogens is 344 g/mol. The number of piperazine rings is 1. The summed E-state index contributed by atoms with van der Waals surface area (Å²) >= 11 is 0. The molecule has 0 unspecified atom stereocenters. The second-order valence-electron chi connectivity index (χ2n) is 6.23. The number of carbonyl (C=O) groups excluding carboxylic acids is 2. The van der Waals surface area contributed by atoms with Gasteiger partial charge < -0.3 is 19.9 Å². The largest absolute Gasteiger partial charge is 0.462 e. The molecule has 0 aliphatic carbocycles. The number of ether oxygens (including phenoxy) is 1. The van der Waals surface area contributed by atoms with E-state index >= 15 is 0 Å². The number of nitrogens with zero attached hydrogens (tertiary/aromatic N) is 3. The quantitative estimate of drug-likeness (QED) is 0.820. The molecule has 0 radical (unpaired) electrons. The molecule has 142 valence electrons. The van der Waals surface area contributed by atoms with Crippen LogP contribution in [0, 0.1) is 0 Å². The lowest BCUT2D eigenvalue weighted by molar-refractivity contribution is 0.0527. The molecule has 1 saturated heterocycles. The third-order valence-corrected chi connectivity index (χ3v) is 4.50. The van der Waals surface area contributed by atoms with Crippen LogP contribution < -0.4 is 10.2 Å². The molecule has 7 nitrogen and oxygen atoms in total. The number of para-hydroxylation sites is 1. The Labute approximate surface area is 158 Å². The smallest absolute Gasteiger partial charge is 0.340 e. The van der Waals surface area contributed by atoms with Gasteiger partial charge in [0.1, 0.15) is 0 Å². The van der Waals surface area contributed by atoms with E-state index in [1.54, 1.807) is 30.3 Å². The van der Waals surface area contributed by atoms with Gasteiger partial charge in [-0.25, -0.2) is 9.59 Å². The van der Waals surface area contributed by atoms with Gasteiger partial charge in [0.25, 0.3) is 0 Å². The van der Waals surface area contributed by atoms with E-state index in [2.05, 4.69) is 15.2 Å². The van der Waals surface area contributed by atoms with Crippen LogP contribution in [0.3, 0.4) is 0 Å². The maximum Gasteiger partial charge on any atom is 0.340 e. The first-order valence-corrected chi connectivity index (χ1v) is 9.12. The Morgan fingerprint density at radius 3 is 2.48 bits per heavy atom. The summed E-state index contributed by atoms with van der Waals surface area (Å²) in [6.45, 7) is 5.15. The van der Waals surface area contributed by atoms with E-state index in [4.69, 9.17) is 4.74 Å². The predicted octanol–water partition coefficient (Wildman–Crippen LogP) is 2.29. The number of rotatable bonds is 5. The number of carbonyl (C=O) groups is 2. The molecule has 1 aliphatic rings. The number of amides is 2. The predicted molar refractivity (Wildman–Crippen MR) is 103 cm³/mol. The molecule has 2 amide bonds. The normalized spacial score (nSPS) is 14.0. The minimum absolute atomic E-state index is 0.0786. The molecule has 1 aliphatic heterocycles. The maximum atomic E-state index is 12.4. The second-order valence-corrected chi connectivity index (χ2v) is 6.23. The number of anilines is 1. The van der Waals surface area contributed by atoms with Crippen LogP contribution >= 0.6 is 0 Å². The second kappa shape index (κ2) is 9.02. The van der Waals surface area contributed by atoms with Crippen molar-refractivity contribution < 1.29 is 14.3 Å². The number of pyridine rings is 1. The van der Waals surface area contributed by atoms with Crippen LogP contribution in [-0.4, -0.2) is 54.7 Å². The zero-order chi connectivity index (χ0) is 19.1.